The van der Waals surface area contributed by atoms with E-state index in [0.29, 0.717) is 6.04 Å². The van der Waals surface area contributed by atoms with Crippen molar-refractivity contribution in [1.82, 2.24) is 14.5 Å². The largest absolute Gasteiger partial charge is 0.329 e. The summed E-state index contributed by atoms with van der Waals surface area (Å²) < 4.78 is 3.16. The highest BCUT2D eigenvalue weighted by Crippen LogP contribution is 2.52. The zero-order valence-corrected chi connectivity index (χ0v) is 12.0. The predicted molar refractivity (Wildman–Crippen MR) is 78.6 cm³/mol. The molecule has 4 atom stereocenters. The van der Waals surface area contributed by atoms with E-state index in [2.05, 4.69) is 27.5 Å². The van der Waals surface area contributed by atoms with Gasteiger partial charge in [0, 0.05) is 12.2 Å². The zero-order valence-electron chi connectivity index (χ0n) is 11.2. The second kappa shape index (κ2) is 4.17. The molecule has 2 aliphatic rings. The summed E-state index contributed by atoms with van der Waals surface area (Å²) in [6.07, 6.45) is 9.45. The number of rotatable bonds is 2. The van der Waals surface area contributed by atoms with Crippen LogP contribution in [0.2, 0.25) is 0 Å². The third kappa shape index (κ3) is 1.69. The van der Waals surface area contributed by atoms with Crippen LogP contribution < -0.4 is 0 Å². The number of hydrogen-bond donors (Lipinski definition) is 1. The second-order valence-electron chi connectivity index (χ2n) is 6.27. The molecule has 0 aromatic carbocycles. The van der Waals surface area contributed by atoms with Gasteiger partial charge in [-0.2, -0.15) is 0 Å². The standard InChI is InChI=1S/C15H19N3S/c1-9(12-7-10-2-3-11(12)6-10)18-14-4-5-16-8-13(14)17-15(18)19/h4-5,8-12H,2-3,6-7H2,1H3,(H,17,19). The number of fused-ring (bicyclic) bond motifs is 3. The first-order chi connectivity index (χ1) is 9.24. The van der Waals surface area contributed by atoms with E-state index in [4.69, 9.17) is 12.2 Å². The molecule has 2 heterocycles. The molecule has 2 aliphatic carbocycles. The van der Waals surface area contributed by atoms with Crippen molar-refractivity contribution in [1.29, 1.82) is 0 Å². The fourth-order valence-corrected chi connectivity index (χ4v) is 4.83. The van der Waals surface area contributed by atoms with Crippen LogP contribution in [0, 0.1) is 22.5 Å². The highest BCUT2D eigenvalue weighted by molar-refractivity contribution is 7.71. The van der Waals surface area contributed by atoms with Crippen molar-refractivity contribution in [2.45, 2.75) is 38.6 Å². The van der Waals surface area contributed by atoms with Crippen LogP contribution in [0.4, 0.5) is 0 Å². The average molecular weight is 273 g/mol. The van der Waals surface area contributed by atoms with Gasteiger partial charge in [0.05, 0.1) is 17.2 Å². The lowest BCUT2D eigenvalue weighted by Gasteiger charge is -2.29. The van der Waals surface area contributed by atoms with Gasteiger partial charge >= 0.3 is 0 Å². The summed E-state index contributed by atoms with van der Waals surface area (Å²) in [6.45, 7) is 2.34. The van der Waals surface area contributed by atoms with Crippen molar-refractivity contribution < 1.29 is 0 Å². The first kappa shape index (κ1) is 11.6. The number of aromatic amines is 1. The molecule has 2 aromatic rings. The highest BCUT2D eigenvalue weighted by atomic mass is 32.1. The van der Waals surface area contributed by atoms with Crippen LogP contribution in [-0.2, 0) is 0 Å². The van der Waals surface area contributed by atoms with E-state index in [1.807, 2.05) is 12.4 Å². The second-order valence-corrected chi connectivity index (χ2v) is 6.66. The number of H-pyrrole nitrogens is 1. The van der Waals surface area contributed by atoms with Crippen LogP contribution in [0.3, 0.4) is 0 Å². The molecule has 0 amide bonds. The molecule has 4 heteroatoms. The monoisotopic (exact) mass is 273 g/mol. The molecule has 2 fully saturated rings. The number of nitrogens with one attached hydrogen (secondary N) is 1. The van der Waals surface area contributed by atoms with E-state index >= 15 is 0 Å². The van der Waals surface area contributed by atoms with Gasteiger partial charge in [-0.1, -0.05) is 6.42 Å². The van der Waals surface area contributed by atoms with Crippen molar-refractivity contribution in [2.24, 2.45) is 17.8 Å². The van der Waals surface area contributed by atoms with Crippen molar-refractivity contribution >= 4 is 23.3 Å². The summed E-state index contributed by atoms with van der Waals surface area (Å²) in [5.74, 6) is 2.71. The smallest absolute Gasteiger partial charge is 0.178 e. The summed E-state index contributed by atoms with van der Waals surface area (Å²) in [5.41, 5.74) is 2.26. The number of nitrogens with zero attached hydrogens (tertiary/aromatic N) is 2. The summed E-state index contributed by atoms with van der Waals surface area (Å²) in [7, 11) is 0. The summed E-state index contributed by atoms with van der Waals surface area (Å²) >= 11 is 5.53. The van der Waals surface area contributed by atoms with Gasteiger partial charge in [-0.05, 0) is 62.2 Å². The average Bonchev–Trinajstić information content (AvgIpc) is 3.10. The molecule has 0 aliphatic heterocycles. The molecule has 2 aromatic heterocycles. The van der Waals surface area contributed by atoms with Crippen LogP contribution in [0.25, 0.3) is 11.0 Å². The Morgan fingerprint density at radius 3 is 3.05 bits per heavy atom. The Morgan fingerprint density at radius 2 is 2.32 bits per heavy atom. The maximum Gasteiger partial charge on any atom is 0.178 e. The Balaban J connectivity index is 1.78. The molecule has 2 bridgehead atoms. The van der Waals surface area contributed by atoms with Crippen molar-refractivity contribution in [3.8, 4) is 0 Å². The third-order valence-corrected chi connectivity index (χ3v) is 5.64. The highest BCUT2D eigenvalue weighted by Gasteiger charge is 2.42. The fourth-order valence-electron chi connectivity index (χ4n) is 4.46. The SMILES string of the molecule is CC(C1CC2CCC1C2)n1c(=S)[nH]c2cnccc21. The van der Waals surface area contributed by atoms with E-state index in [-0.39, 0.29) is 0 Å². The first-order valence-corrected chi connectivity index (χ1v) is 7.69. The fraction of sp³-hybridized carbons (Fsp3) is 0.600. The van der Waals surface area contributed by atoms with Gasteiger partial charge in [-0.3, -0.25) is 4.98 Å². The molecule has 100 valence electrons. The third-order valence-electron chi connectivity index (χ3n) is 5.34. The van der Waals surface area contributed by atoms with Crippen LogP contribution >= 0.6 is 12.2 Å². The van der Waals surface area contributed by atoms with Crippen LogP contribution in [0.1, 0.15) is 38.6 Å². The van der Waals surface area contributed by atoms with E-state index in [1.165, 1.54) is 31.2 Å². The molecule has 4 rings (SSSR count). The van der Waals surface area contributed by atoms with Crippen molar-refractivity contribution in [3.05, 3.63) is 23.2 Å². The molecular weight excluding hydrogens is 254 g/mol. The van der Waals surface area contributed by atoms with Crippen molar-refractivity contribution in [2.75, 3.05) is 0 Å². The Bertz CT molecular complexity index is 671. The lowest BCUT2D eigenvalue weighted by molar-refractivity contribution is 0.245. The number of pyridine rings is 1. The quantitative estimate of drug-likeness (QED) is 0.836. The minimum absolute atomic E-state index is 0.499. The van der Waals surface area contributed by atoms with Crippen molar-refractivity contribution in [3.63, 3.8) is 0 Å². The molecule has 1 N–H and O–H groups in total. The number of imidazole rings is 1. The Morgan fingerprint density at radius 1 is 1.42 bits per heavy atom. The summed E-state index contributed by atoms with van der Waals surface area (Å²) in [6, 6.07) is 2.57. The van der Waals surface area contributed by atoms with E-state index in [9.17, 15) is 0 Å². The minimum atomic E-state index is 0.499. The van der Waals surface area contributed by atoms with Gasteiger partial charge in [-0.25, -0.2) is 0 Å². The Hall–Kier alpha value is -1.16. The lowest BCUT2D eigenvalue weighted by Crippen LogP contribution is -2.22. The Kier molecular flexibility index (Phi) is 2.56. The van der Waals surface area contributed by atoms with E-state index in [0.717, 1.165) is 28.0 Å². The van der Waals surface area contributed by atoms with Gasteiger partial charge in [0.25, 0.3) is 0 Å². The van der Waals surface area contributed by atoms with Crippen LogP contribution in [0.5, 0.6) is 0 Å². The van der Waals surface area contributed by atoms with Gasteiger partial charge in [0.2, 0.25) is 0 Å². The minimum Gasteiger partial charge on any atom is -0.329 e. The zero-order chi connectivity index (χ0) is 13.0. The molecule has 4 unspecified atom stereocenters. The maximum atomic E-state index is 5.53. The first-order valence-electron chi connectivity index (χ1n) is 7.28. The van der Waals surface area contributed by atoms with Crippen LogP contribution in [0.15, 0.2) is 18.5 Å². The summed E-state index contributed by atoms with van der Waals surface area (Å²) in [5, 5.41) is 0. The molecule has 0 saturated heterocycles. The van der Waals surface area contributed by atoms with Gasteiger partial charge < -0.3 is 9.55 Å². The van der Waals surface area contributed by atoms with Gasteiger partial charge in [0.1, 0.15) is 0 Å². The summed E-state index contributed by atoms with van der Waals surface area (Å²) in [4.78, 5) is 7.46. The topological polar surface area (TPSA) is 33.6 Å². The van der Waals surface area contributed by atoms with Gasteiger partial charge in [0.15, 0.2) is 4.77 Å². The molecular formula is C15H19N3S. The van der Waals surface area contributed by atoms with Crippen LogP contribution in [-0.4, -0.2) is 14.5 Å². The lowest BCUT2D eigenvalue weighted by atomic mass is 9.84. The Labute approximate surface area is 118 Å². The number of hydrogen-bond acceptors (Lipinski definition) is 2. The molecule has 3 nitrogen and oxygen atoms in total. The molecule has 19 heavy (non-hydrogen) atoms. The normalized spacial score (nSPS) is 31.1. The number of aromatic nitrogens is 3. The predicted octanol–water partition coefficient (Wildman–Crippen LogP) is 4.09. The molecule has 2 saturated carbocycles. The molecule has 0 spiro atoms. The van der Waals surface area contributed by atoms with E-state index in [1.54, 1.807) is 0 Å². The maximum absolute atomic E-state index is 5.53. The van der Waals surface area contributed by atoms with Gasteiger partial charge in [-0.15, -0.1) is 0 Å². The molecule has 0 radical (unpaired) electrons. The van der Waals surface area contributed by atoms with E-state index < -0.39 is 0 Å².